The fraction of sp³-hybridized carbons (Fsp3) is 0.158. The highest BCUT2D eigenvalue weighted by Crippen LogP contribution is 2.43. The number of benzene rings is 1. The molecule has 0 saturated carbocycles. The van der Waals surface area contributed by atoms with Gasteiger partial charge in [0.15, 0.2) is 11.5 Å². The van der Waals surface area contributed by atoms with Crippen molar-refractivity contribution in [1.29, 1.82) is 0 Å². The van der Waals surface area contributed by atoms with E-state index < -0.39 is 11.9 Å². The Morgan fingerprint density at radius 1 is 1.00 bits per heavy atom. The van der Waals surface area contributed by atoms with Gasteiger partial charge in [-0.15, -0.1) is 22.7 Å². The third-order valence-corrected chi connectivity index (χ3v) is 6.26. The predicted octanol–water partition coefficient (Wildman–Crippen LogP) is 4.11. The Labute approximate surface area is 162 Å². The zero-order valence-corrected chi connectivity index (χ0v) is 15.9. The van der Waals surface area contributed by atoms with Crippen LogP contribution in [0.4, 0.5) is 0 Å². The number of hydrogen-bond acceptors (Lipinski definition) is 6. The standard InChI is InChI=1S/C19H16O6S2/c1-25-14-6-10(2-3-13(14)20)15-7-12(9-17(23)24)19(27-15)18-11(4-5-26-18)8-16(21)22/h2-7,20H,8-9H2,1H3,(H,21,22)(H,23,24). The number of aromatic hydroxyl groups is 1. The van der Waals surface area contributed by atoms with Crippen molar-refractivity contribution in [3.63, 3.8) is 0 Å². The first kappa shape index (κ1) is 18.9. The van der Waals surface area contributed by atoms with Crippen molar-refractivity contribution < 1.29 is 29.6 Å². The van der Waals surface area contributed by atoms with E-state index in [1.54, 1.807) is 29.6 Å². The number of carboxylic acid groups (broad SMARTS) is 2. The number of rotatable bonds is 7. The molecule has 3 N–H and O–H groups in total. The Bertz CT molecular complexity index is 1000. The zero-order valence-electron chi connectivity index (χ0n) is 14.3. The molecule has 3 rings (SSSR count). The van der Waals surface area contributed by atoms with E-state index in [-0.39, 0.29) is 18.6 Å². The monoisotopic (exact) mass is 404 g/mol. The number of carboxylic acids is 2. The third-order valence-electron chi connectivity index (χ3n) is 3.91. The molecule has 0 saturated heterocycles. The van der Waals surface area contributed by atoms with E-state index in [1.807, 2.05) is 0 Å². The number of hydrogen-bond donors (Lipinski definition) is 3. The van der Waals surface area contributed by atoms with Crippen molar-refractivity contribution >= 4 is 34.6 Å². The molecule has 6 nitrogen and oxygen atoms in total. The molecule has 140 valence electrons. The van der Waals surface area contributed by atoms with E-state index in [2.05, 4.69) is 0 Å². The lowest BCUT2D eigenvalue weighted by Crippen LogP contribution is -2.01. The van der Waals surface area contributed by atoms with Crippen molar-refractivity contribution in [2.24, 2.45) is 0 Å². The van der Waals surface area contributed by atoms with Gasteiger partial charge in [0, 0.05) is 14.6 Å². The molecule has 8 heteroatoms. The molecule has 0 atom stereocenters. The molecule has 0 fully saturated rings. The van der Waals surface area contributed by atoms with Crippen LogP contribution in [0.5, 0.6) is 11.5 Å². The van der Waals surface area contributed by atoms with Gasteiger partial charge in [-0.05, 0) is 52.4 Å². The molecule has 3 aromatic rings. The van der Waals surface area contributed by atoms with Crippen molar-refractivity contribution in [2.75, 3.05) is 7.11 Å². The van der Waals surface area contributed by atoms with Gasteiger partial charge in [0.05, 0.1) is 20.0 Å². The van der Waals surface area contributed by atoms with E-state index >= 15 is 0 Å². The zero-order chi connectivity index (χ0) is 19.6. The smallest absolute Gasteiger partial charge is 0.307 e. The van der Waals surface area contributed by atoms with E-state index in [4.69, 9.17) is 9.84 Å². The van der Waals surface area contributed by atoms with Crippen molar-refractivity contribution in [3.05, 3.63) is 46.8 Å². The molecule has 0 bridgehead atoms. The molecule has 0 amide bonds. The molecule has 0 aliphatic carbocycles. The number of methoxy groups -OCH3 is 1. The molecular weight excluding hydrogens is 388 g/mol. The van der Waals surface area contributed by atoms with Crippen molar-refractivity contribution in [1.82, 2.24) is 0 Å². The third kappa shape index (κ3) is 4.12. The van der Waals surface area contributed by atoms with Gasteiger partial charge < -0.3 is 20.1 Å². The summed E-state index contributed by atoms with van der Waals surface area (Å²) < 4.78 is 5.14. The van der Waals surface area contributed by atoms with E-state index in [0.29, 0.717) is 16.9 Å². The van der Waals surface area contributed by atoms with Crippen LogP contribution in [-0.2, 0) is 22.4 Å². The summed E-state index contributed by atoms with van der Waals surface area (Å²) in [7, 11) is 1.46. The number of ether oxygens (including phenoxy) is 1. The Morgan fingerprint density at radius 2 is 1.70 bits per heavy atom. The SMILES string of the molecule is COc1cc(-c2cc(CC(=O)O)c(-c3sccc3CC(=O)O)s2)ccc1O. The molecule has 0 spiro atoms. The molecule has 0 aliphatic heterocycles. The second kappa shape index (κ2) is 7.81. The average Bonchev–Trinajstić information content (AvgIpc) is 3.21. The summed E-state index contributed by atoms with van der Waals surface area (Å²) in [5, 5.41) is 30.0. The molecule has 0 radical (unpaired) electrons. The summed E-state index contributed by atoms with van der Waals surface area (Å²) >= 11 is 2.79. The van der Waals surface area contributed by atoms with Gasteiger partial charge in [0.25, 0.3) is 0 Å². The lowest BCUT2D eigenvalue weighted by atomic mass is 10.1. The second-order valence-electron chi connectivity index (χ2n) is 5.77. The Balaban J connectivity index is 2.11. The van der Waals surface area contributed by atoms with Crippen LogP contribution in [-0.4, -0.2) is 34.4 Å². The van der Waals surface area contributed by atoms with Crippen molar-refractivity contribution in [3.8, 4) is 31.7 Å². The highest BCUT2D eigenvalue weighted by atomic mass is 32.1. The van der Waals surface area contributed by atoms with Crippen LogP contribution < -0.4 is 4.74 Å². The lowest BCUT2D eigenvalue weighted by molar-refractivity contribution is -0.137. The van der Waals surface area contributed by atoms with Crippen LogP contribution in [0.25, 0.3) is 20.2 Å². The van der Waals surface area contributed by atoms with Crippen LogP contribution in [0.2, 0.25) is 0 Å². The maximum absolute atomic E-state index is 11.3. The first-order chi connectivity index (χ1) is 12.9. The van der Waals surface area contributed by atoms with Crippen LogP contribution in [0, 0.1) is 0 Å². The fourth-order valence-electron chi connectivity index (χ4n) is 2.73. The number of carbonyl (C=O) groups is 2. The Morgan fingerprint density at radius 3 is 2.37 bits per heavy atom. The summed E-state index contributed by atoms with van der Waals surface area (Å²) in [4.78, 5) is 24.8. The fourth-order valence-corrected chi connectivity index (χ4v) is 5.04. The van der Waals surface area contributed by atoms with Gasteiger partial charge in [-0.3, -0.25) is 9.59 Å². The Kier molecular flexibility index (Phi) is 5.48. The molecule has 0 unspecified atom stereocenters. The molecule has 27 heavy (non-hydrogen) atoms. The molecule has 2 heterocycles. The first-order valence-corrected chi connectivity index (χ1v) is 9.59. The second-order valence-corrected chi connectivity index (χ2v) is 7.74. The van der Waals surface area contributed by atoms with Gasteiger partial charge >= 0.3 is 11.9 Å². The quantitative estimate of drug-likeness (QED) is 0.547. The number of phenols is 1. The minimum Gasteiger partial charge on any atom is -0.504 e. The highest BCUT2D eigenvalue weighted by molar-refractivity contribution is 7.23. The molecular formula is C19H16O6S2. The lowest BCUT2D eigenvalue weighted by Gasteiger charge is -2.05. The maximum atomic E-state index is 11.3. The minimum absolute atomic E-state index is 0.0193. The largest absolute Gasteiger partial charge is 0.504 e. The highest BCUT2D eigenvalue weighted by Gasteiger charge is 2.20. The molecule has 1 aromatic carbocycles. The van der Waals surface area contributed by atoms with Gasteiger partial charge in [-0.25, -0.2) is 0 Å². The summed E-state index contributed by atoms with van der Waals surface area (Å²) in [5.74, 6) is -1.55. The van der Waals surface area contributed by atoms with Gasteiger partial charge in [-0.2, -0.15) is 0 Å². The van der Waals surface area contributed by atoms with E-state index in [9.17, 15) is 19.8 Å². The average molecular weight is 404 g/mol. The summed E-state index contributed by atoms with van der Waals surface area (Å²) in [6.45, 7) is 0. The first-order valence-electron chi connectivity index (χ1n) is 7.89. The number of thiophene rings is 2. The summed E-state index contributed by atoms with van der Waals surface area (Å²) in [5.41, 5.74) is 2.07. The number of aliphatic carboxylic acids is 2. The van der Waals surface area contributed by atoms with Gasteiger partial charge in [0.2, 0.25) is 0 Å². The van der Waals surface area contributed by atoms with E-state index in [0.717, 1.165) is 20.2 Å². The molecule has 0 aliphatic rings. The minimum atomic E-state index is -0.958. The number of phenolic OH excluding ortho intramolecular Hbond substituents is 1. The Hall–Kier alpha value is -2.84. The van der Waals surface area contributed by atoms with E-state index in [1.165, 1.54) is 35.8 Å². The van der Waals surface area contributed by atoms with Gasteiger partial charge in [0.1, 0.15) is 0 Å². The predicted molar refractivity (Wildman–Crippen MR) is 104 cm³/mol. The van der Waals surface area contributed by atoms with Crippen LogP contribution in [0.15, 0.2) is 35.7 Å². The maximum Gasteiger partial charge on any atom is 0.307 e. The topological polar surface area (TPSA) is 104 Å². The molecule has 2 aromatic heterocycles. The summed E-state index contributed by atoms with van der Waals surface area (Å²) in [6.07, 6.45) is -0.281. The van der Waals surface area contributed by atoms with Crippen molar-refractivity contribution in [2.45, 2.75) is 12.8 Å². The van der Waals surface area contributed by atoms with Crippen LogP contribution >= 0.6 is 22.7 Å². The normalized spacial score (nSPS) is 10.7. The summed E-state index contributed by atoms with van der Waals surface area (Å²) in [6, 6.07) is 8.48. The van der Waals surface area contributed by atoms with Gasteiger partial charge in [-0.1, -0.05) is 0 Å². The van der Waals surface area contributed by atoms with Crippen LogP contribution in [0.1, 0.15) is 11.1 Å². The van der Waals surface area contributed by atoms with Crippen LogP contribution in [0.3, 0.4) is 0 Å².